The Labute approximate surface area is 95.6 Å². The second-order valence-corrected chi connectivity index (χ2v) is 4.18. The summed E-state index contributed by atoms with van der Waals surface area (Å²) in [6.45, 7) is 5.80. The fraction of sp³-hybridized carbons (Fsp3) is 0.500. The topological polar surface area (TPSA) is 69.2 Å². The van der Waals surface area contributed by atoms with Gasteiger partial charge in [0.15, 0.2) is 0 Å². The molecule has 4 heteroatoms. The van der Waals surface area contributed by atoms with E-state index in [4.69, 9.17) is 5.73 Å². The molecule has 0 aromatic heterocycles. The second-order valence-electron chi connectivity index (χ2n) is 4.18. The van der Waals surface area contributed by atoms with Gasteiger partial charge in [-0.15, -0.1) is 0 Å². The van der Waals surface area contributed by atoms with Crippen LogP contribution in [0.25, 0.3) is 0 Å². The summed E-state index contributed by atoms with van der Waals surface area (Å²) in [6, 6.07) is 5.31. The van der Waals surface area contributed by atoms with Crippen LogP contribution in [0, 0.1) is 17.0 Å². The first-order valence-corrected chi connectivity index (χ1v) is 5.47. The van der Waals surface area contributed by atoms with Crippen molar-refractivity contribution in [3.05, 3.63) is 39.4 Å². The Kier molecular flexibility index (Phi) is 4.01. The van der Waals surface area contributed by atoms with Crippen molar-refractivity contribution in [2.45, 2.75) is 39.2 Å². The van der Waals surface area contributed by atoms with Crippen LogP contribution in [0.15, 0.2) is 18.2 Å². The van der Waals surface area contributed by atoms with E-state index < -0.39 is 0 Å². The van der Waals surface area contributed by atoms with E-state index >= 15 is 0 Å². The molecule has 1 aromatic carbocycles. The lowest BCUT2D eigenvalue weighted by atomic mass is 9.89. The molecular formula is C12H18N2O2. The van der Waals surface area contributed by atoms with Gasteiger partial charge in [-0.1, -0.05) is 13.0 Å². The Morgan fingerprint density at radius 1 is 1.50 bits per heavy atom. The Morgan fingerprint density at radius 3 is 2.50 bits per heavy atom. The van der Waals surface area contributed by atoms with E-state index in [1.807, 2.05) is 19.1 Å². The van der Waals surface area contributed by atoms with Crippen LogP contribution in [0.2, 0.25) is 0 Å². The molecule has 0 bridgehead atoms. The average Bonchev–Trinajstić information content (AvgIpc) is 2.17. The van der Waals surface area contributed by atoms with Gasteiger partial charge in [-0.25, -0.2) is 0 Å². The predicted molar refractivity (Wildman–Crippen MR) is 64.5 cm³/mol. The summed E-state index contributed by atoms with van der Waals surface area (Å²) >= 11 is 0. The molecule has 0 aliphatic rings. The highest BCUT2D eigenvalue weighted by atomic mass is 16.6. The molecule has 0 radical (unpaired) electrons. The van der Waals surface area contributed by atoms with E-state index in [1.165, 1.54) is 0 Å². The lowest BCUT2D eigenvalue weighted by Crippen LogP contribution is -2.24. The van der Waals surface area contributed by atoms with E-state index in [0.717, 1.165) is 12.0 Å². The molecule has 2 N–H and O–H groups in total. The van der Waals surface area contributed by atoms with Gasteiger partial charge in [-0.2, -0.15) is 0 Å². The third kappa shape index (κ3) is 2.58. The highest BCUT2D eigenvalue weighted by Crippen LogP contribution is 2.27. The standard InChI is InChI=1S/C12H18N2O2/c1-4-11(9(3)13)10-5-6-12(14(15)16)8(2)7-10/h5-7,9,11H,4,13H2,1-3H3. The summed E-state index contributed by atoms with van der Waals surface area (Å²) in [6.07, 6.45) is 0.939. The van der Waals surface area contributed by atoms with Crippen LogP contribution >= 0.6 is 0 Å². The van der Waals surface area contributed by atoms with Crippen molar-refractivity contribution in [1.29, 1.82) is 0 Å². The van der Waals surface area contributed by atoms with Gasteiger partial charge in [0.25, 0.3) is 5.69 Å². The molecule has 88 valence electrons. The van der Waals surface area contributed by atoms with Crippen molar-refractivity contribution in [1.82, 2.24) is 0 Å². The van der Waals surface area contributed by atoms with Crippen molar-refractivity contribution in [2.75, 3.05) is 0 Å². The summed E-state index contributed by atoms with van der Waals surface area (Å²) in [4.78, 5) is 10.3. The largest absolute Gasteiger partial charge is 0.327 e. The number of nitrogens with zero attached hydrogens (tertiary/aromatic N) is 1. The minimum absolute atomic E-state index is 0.0610. The zero-order valence-electron chi connectivity index (χ0n) is 9.93. The molecule has 0 amide bonds. The summed E-state index contributed by atoms with van der Waals surface area (Å²) in [5, 5.41) is 10.7. The van der Waals surface area contributed by atoms with Gasteiger partial charge in [-0.05, 0) is 37.8 Å². The van der Waals surface area contributed by atoms with Crippen LogP contribution in [0.5, 0.6) is 0 Å². The Hall–Kier alpha value is -1.42. The maximum absolute atomic E-state index is 10.7. The SMILES string of the molecule is CCC(c1ccc([N+](=O)[O-])c(C)c1)C(C)N. The number of hydrogen-bond donors (Lipinski definition) is 1. The highest BCUT2D eigenvalue weighted by Gasteiger charge is 2.17. The lowest BCUT2D eigenvalue weighted by Gasteiger charge is -2.19. The maximum Gasteiger partial charge on any atom is 0.272 e. The Morgan fingerprint density at radius 2 is 2.12 bits per heavy atom. The number of rotatable bonds is 4. The van der Waals surface area contributed by atoms with Gasteiger partial charge in [0.05, 0.1) is 4.92 Å². The molecular weight excluding hydrogens is 204 g/mol. The third-order valence-corrected chi connectivity index (χ3v) is 2.92. The van der Waals surface area contributed by atoms with Gasteiger partial charge in [0.1, 0.15) is 0 Å². The van der Waals surface area contributed by atoms with Crippen molar-refractivity contribution in [3.63, 3.8) is 0 Å². The van der Waals surface area contributed by atoms with Crippen LogP contribution in [0.4, 0.5) is 5.69 Å². The van der Waals surface area contributed by atoms with E-state index in [2.05, 4.69) is 6.92 Å². The van der Waals surface area contributed by atoms with Crippen LogP contribution in [-0.2, 0) is 0 Å². The summed E-state index contributed by atoms with van der Waals surface area (Å²) in [5.41, 5.74) is 7.84. The van der Waals surface area contributed by atoms with Crippen molar-refractivity contribution in [2.24, 2.45) is 5.73 Å². The molecule has 0 aliphatic carbocycles. The lowest BCUT2D eigenvalue weighted by molar-refractivity contribution is -0.385. The number of nitrogens with two attached hydrogens (primary N) is 1. The van der Waals surface area contributed by atoms with Gasteiger partial charge in [-0.3, -0.25) is 10.1 Å². The first-order valence-electron chi connectivity index (χ1n) is 5.47. The first-order chi connectivity index (χ1) is 7.47. The van der Waals surface area contributed by atoms with E-state index in [0.29, 0.717) is 5.56 Å². The number of benzene rings is 1. The molecule has 0 heterocycles. The van der Waals surface area contributed by atoms with Crippen LogP contribution < -0.4 is 5.73 Å². The fourth-order valence-electron chi connectivity index (χ4n) is 2.03. The molecule has 4 nitrogen and oxygen atoms in total. The third-order valence-electron chi connectivity index (χ3n) is 2.92. The zero-order valence-corrected chi connectivity index (χ0v) is 9.93. The van der Waals surface area contributed by atoms with Crippen LogP contribution in [0.3, 0.4) is 0 Å². The summed E-state index contributed by atoms with van der Waals surface area (Å²) in [7, 11) is 0. The predicted octanol–water partition coefficient (Wildman–Crippen LogP) is 2.74. The summed E-state index contributed by atoms with van der Waals surface area (Å²) in [5.74, 6) is 0.263. The second kappa shape index (κ2) is 5.07. The van der Waals surface area contributed by atoms with Gasteiger partial charge < -0.3 is 5.73 Å². The molecule has 1 aromatic rings. The van der Waals surface area contributed by atoms with E-state index in [9.17, 15) is 10.1 Å². The number of hydrogen-bond acceptors (Lipinski definition) is 3. The van der Waals surface area contributed by atoms with Crippen molar-refractivity contribution in [3.8, 4) is 0 Å². The monoisotopic (exact) mass is 222 g/mol. The highest BCUT2D eigenvalue weighted by molar-refractivity contribution is 5.43. The van der Waals surface area contributed by atoms with Gasteiger partial charge >= 0.3 is 0 Å². The normalized spacial score (nSPS) is 14.5. The van der Waals surface area contributed by atoms with E-state index in [1.54, 1.807) is 13.0 Å². The molecule has 1 rings (SSSR count). The van der Waals surface area contributed by atoms with Gasteiger partial charge in [0, 0.05) is 17.7 Å². The Balaban J connectivity index is 3.09. The van der Waals surface area contributed by atoms with Crippen molar-refractivity contribution < 1.29 is 4.92 Å². The number of aryl methyl sites for hydroxylation is 1. The molecule has 0 spiro atoms. The zero-order chi connectivity index (χ0) is 12.3. The number of nitro groups is 1. The number of nitro benzene ring substituents is 1. The first kappa shape index (κ1) is 12.6. The average molecular weight is 222 g/mol. The minimum atomic E-state index is -0.355. The van der Waals surface area contributed by atoms with Crippen molar-refractivity contribution >= 4 is 5.69 Å². The smallest absolute Gasteiger partial charge is 0.272 e. The maximum atomic E-state index is 10.7. The minimum Gasteiger partial charge on any atom is -0.327 e. The Bertz CT molecular complexity index is 389. The molecule has 0 saturated carbocycles. The molecule has 0 saturated heterocycles. The molecule has 2 unspecified atom stereocenters. The molecule has 2 atom stereocenters. The van der Waals surface area contributed by atoms with E-state index in [-0.39, 0.29) is 22.6 Å². The molecule has 0 fully saturated rings. The molecule has 16 heavy (non-hydrogen) atoms. The molecule has 0 aliphatic heterocycles. The fourth-order valence-corrected chi connectivity index (χ4v) is 2.03. The van der Waals surface area contributed by atoms with Crippen LogP contribution in [-0.4, -0.2) is 11.0 Å². The van der Waals surface area contributed by atoms with Crippen LogP contribution in [0.1, 0.15) is 37.3 Å². The summed E-state index contributed by atoms with van der Waals surface area (Å²) < 4.78 is 0. The van der Waals surface area contributed by atoms with Gasteiger partial charge in [0.2, 0.25) is 0 Å². The quantitative estimate of drug-likeness (QED) is 0.629.